The van der Waals surface area contributed by atoms with Crippen LogP contribution in [0.5, 0.6) is 0 Å². The van der Waals surface area contributed by atoms with Gasteiger partial charge in [-0.3, -0.25) is 58.1 Å². The molecule has 270 valence electrons. The maximum Gasteiger partial charge on any atom is 0.238 e. The van der Waals surface area contributed by atoms with Crippen molar-refractivity contribution < 1.29 is 0 Å². The van der Waals surface area contributed by atoms with Gasteiger partial charge in [0.05, 0.1) is 44.1 Å². The fraction of sp³-hybridized carbons (Fsp3) is 0. The largest absolute Gasteiger partial charge is 0.299 e. The van der Waals surface area contributed by atoms with Crippen LogP contribution in [-0.4, -0.2) is 68.1 Å². The van der Waals surface area contributed by atoms with Gasteiger partial charge in [0.2, 0.25) is 5.95 Å². The fourth-order valence-electron chi connectivity index (χ4n) is 8.54. The Kier molecular flexibility index (Phi) is 6.10. The molecule has 0 fully saturated rings. The lowest BCUT2D eigenvalue weighted by atomic mass is 10.3. The van der Waals surface area contributed by atoms with E-state index in [1.165, 1.54) is 0 Å². The summed E-state index contributed by atoms with van der Waals surface area (Å²) in [6, 6.07) is 31.8. The highest BCUT2D eigenvalue weighted by atomic mass is 15.3. The average molecular weight is 749 g/mol. The van der Waals surface area contributed by atoms with E-state index >= 15 is 0 Å². The second kappa shape index (κ2) is 11.5. The molecule has 0 aromatic carbocycles. The van der Waals surface area contributed by atoms with Crippen LogP contribution in [0.4, 0.5) is 0 Å². The Balaban J connectivity index is 1.32. The summed E-state index contributed by atoms with van der Waals surface area (Å²) in [6.07, 6.45) is 14.3. The highest BCUT2D eigenvalue weighted by Crippen LogP contribution is 2.41. The molecule has 13 heterocycles. The van der Waals surface area contributed by atoms with Gasteiger partial charge in [0.1, 0.15) is 49.8 Å². The highest BCUT2D eigenvalue weighted by Gasteiger charge is 2.30. The number of rotatable bonds is 4. The molecular formula is C44H24N14. The van der Waals surface area contributed by atoms with Gasteiger partial charge in [-0.15, -0.1) is 0 Å². The summed E-state index contributed by atoms with van der Waals surface area (Å²) in [5.74, 6) is 1.54. The minimum Gasteiger partial charge on any atom is -0.299 e. The van der Waals surface area contributed by atoms with Gasteiger partial charge >= 0.3 is 0 Å². The van der Waals surface area contributed by atoms with Crippen molar-refractivity contribution in [3.63, 3.8) is 0 Å². The molecule has 13 aromatic heterocycles. The Labute approximate surface area is 325 Å². The first-order chi connectivity index (χ1) is 28.8. The van der Waals surface area contributed by atoms with Crippen molar-refractivity contribution >= 4 is 88.3 Å². The highest BCUT2D eigenvalue weighted by molar-refractivity contribution is 6.09. The van der Waals surface area contributed by atoms with Crippen molar-refractivity contribution in [1.29, 1.82) is 0 Å². The molecule has 14 heteroatoms. The lowest BCUT2D eigenvalue weighted by Crippen LogP contribution is -2.16. The van der Waals surface area contributed by atoms with E-state index in [4.69, 9.17) is 49.8 Å². The molecule has 0 amide bonds. The predicted octanol–water partition coefficient (Wildman–Crippen LogP) is 8.03. The first-order valence-electron chi connectivity index (χ1n) is 18.6. The average Bonchev–Trinajstić information content (AvgIpc) is 4.01. The third-order valence-corrected chi connectivity index (χ3v) is 10.8. The normalized spacial score (nSPS) is 12.1. The first-order valence-corrected chi connectivity index (χ1v) is 18.6. The second-order valence-corrected chi connectivity index (χ2v) is 13.8. The predicted molar refractivity (Wildman–Crippen MR) is 222 cm³/mol. The number of fused-ring (bicyclic) bond motifs is 12. The zero-order valence-corrected chi connectivity index (χ0v) is 30.1. The summed E-state index contributed by atoms with van der Waals surface area (Å²) >= 11 is 0. The van der Waals surface area contributed by atoms with E-state index in [2.05, 4.69) is 25.8 Å². The molecule has 58 heavy (non-hydrogen) atoms. The summed E-state index contributed by atoms with van der Waals surface area (Å²) in [5, 5.41) is 0. The van der Waals surface area contributed by atoms with Crippen molar-refractivity contribution in [2.75, 3.05) is 0 Å². The van der Waals surface area contributed by atoms with Crippen molar-refractivity contribution in [2.24, 2.45) is 0 Å². The molecule has 0 N–H and O–H groups in total. The van der Waals surface area contributed by atoms with E-state index < -0.39 is 0 Å². The van der Waals surface area contributed by atoms with Crippen LogP contribution in [-0.2, 0) is 0 Å². The molecule has 14 nitrogen and oxygen atoms in total. The van der Waals surface area contributed by atoms with Crippen LogP contribution in [0.1, 0.15) is 0 Å². The van der Waals surface area contributed by atoms with E-state index in [1.54, 1.807) is 49.6 Å². The lowest BCUT2D eigenvalue weighted by molar-refractivity contribution is 0.892. The number of hydrogen-bond donors (Lipinski definition) is 0. The summed E-state index contributed by atoms with van der Waals surface area (Å²) in [5.41, 5.74) is 13.2. The molecule has 0 saturated carbocycles. The van der Waals surface area contributed by atoms with Crippen molar-refractivity contribution in [3.8, 4) is 23.3 Å². The van der Waals surface area contributed by atoms with E-state index in [-0.39, 0.29) is 0 Å². The van der Waals surface area contributed by atoms with Gasteiger partial charge in [0.25, 0.3) is 0 Å². The van der Waals surface area contributed by atoms with Gasteiger partial charge in [-0.1, -0.05) is 0 Å². The van der Waals surface area contributed by atoms with Crippen LogP contribution < -0.4 is 0 Å². The standard InChI is InChI=1S/C44H24N14/c1-9-25-33(45-17-1)34-26(10-2-18-46-34)55(25)41-42(56-27-11-3-19-47-35(27)36-28(56)12-4-20-48-36)53-44(58-31-15-7-23-51-39(31)40-32(58)16-8-24-52-40)54-43(41)57-29-13-5-21-49-37(29)38-30(57)14-6-22-50-38/h1-24H. The SMILES string of the molecule is c1cnc2c3ncccc3n(-c3nc(-n4c5cccnc5c5ncccc54)c(-n4c5cccnc5c5ncccc54)c(-n4c5cccnc5c5ncccc54)n3)c2c1. The molecule has 13 rings (SSSR count). The molecule has 0 atom stereocenters. The van der Waals surface area contributed by atoms with Crippen LogP contribution in [0, 0.1) is 0 Å². The van der Waals surface area contributed by atoms with Gasteiger partial charge in [0, 0.05) is 49.6 Å². The second-order valence-electron chi connectivity index (χ2n) is 13.8. The molecule has 0 unspecified atom stereocenters. The summed E-state index contributed by atoms with van der Waals surface area (Å²) in [7, 11) is 0. The molecule has 13 aromatic rings. The van der Waals surface area contributed by atoms with E-state index in [1.807, 2.05) is 89.5 Å². The fourth-order valence-corrected chi connectivity index (χ4v) is 8.54. The van der Waals surface area contributed by atoms with Crippen LogP contribution in [0.3, 0.4) is 0 Å². The number of aromatic nitrogens is 14. The van der Waals surface area contributed by atoms with Gasteiger partial charge < -0.3 is 0 Å². The third kappa shape index (κ3) is 4.03. The molecular weight excluding hydrogens is 725 g/mol. The van der Waals surface area contributed by atoms with Crippen LogP contribution in [0.25, 0.3) is 112 Å². The summed E-state index contributed by atoms with van der Waals surface area (Å²) < 4.78 is 8.47. The quantitative estimate of drug-likeness (QED) is 0.173. The monoisotopic (exact) mass is 748 g/mol. The van der Waals surface area contributed by atoms with Gasteiger partial charge in [-0.05, 0) is 97.1 Å². The Morgan fingerprint density at radius 1 is 0.259 bits per heavy atom. The minimum atomic E-state index is 0.400. The maximum absolute atomic E-state index is 5.66. The molecule has 0 radical (unpaired) electrons. The topological polar surface area (TPSA) is 149 Å². The Bertz CT molecular complexity index is 3490. The van der Waals surface area contributed by atoms with Crippen LogP contribution >= 0.6 is 0 Å². The van der Waals surface area contributed by atoms with Crippen molar-refractivity contribution in [3.05, 3.63) is 147 Å². The van der Waals surface area contributed by atoms with E-state index in [9.17, 15) is 0 Å². The molecule has 0 aliphatic rings. The number of nitrogens with zero attached hydrogens (tertiary/aromatic N) is 14. The Morgan fingerprint density at radius 3 is 0.741 bits per heavy atom. The number of hydrogen-bond acceptors (Lipinski definition) is 10. The molecule has 0 bridgehead atoms. The maximum atomic E-state index is 5.66. The zero-order chi connectivity index (χ0) is 37.9. The van der Waals surface area contributed by atoms with E-state index in [0.29, 0.717) is 23.3 Å². The Hall–Kier alpha value is -8.52. The van der Waals surface area contributed by atoms with Crippen molar-refractivity contribution in [1.82, 2.24) is 68.1 Å². The van der Waals surface area contributed by atoms with Crippen LogP contribution in [0.15, 0.2) is 147 Å². The molecule has 0 aliphatic heterocycles. The van der Waals surface area contributed by atoms with Crippen LogP contribution in [0.2, 0.25) is 0 Å². The minimum absolute atomic E-state index is 0.400. The van der Waals surface area contributed by atoms with E-state index in [0.717, 1.165) is 88.3 Å². The number of pyridine rings is 8. The van der Waals surface area contributed by atoms with Gasteiger partial charge in [-0.2, -0.15) is 9.97 Å². The van der Waals surface area contributed by atoms with Gasteiger partial charge in [0.15, 0.2) is 11.6 Å². The lowest BCUT2D eigenvalue weighted by Gasteiger charge is -2.21. The third-order valence-electron chi connectivity index (χ3n) is 10.8. The molecule has 0 spiro atoms. The summed E-state index contributed by atoms with van der Waals surface area (Å²) in [6.45, 7) is 0. The summed E-state index contributed by atoms with van der Waals surface area (Å²) in [4.78, 5) is 50.1. The molecule has 0 saturated heterocycles. The first kappa shape index (κ1) is 30.8. The smallest absolute Gasteiger partial charge is 0.238 e. The van der Waals surface area contributed by atoms with Crippen molar-refractivity contribution in [2.45, 2.75) is 0 Å². The zero-order valence-electron chi connectivity index (χ0n) is 30.1. The Morgan fingerprint density at radius 2 is 0.483 bits per heavy atom. The molecule has 0 aliphatic carbocycles. The van der Waals surface area contributed by atoms with Gasteiger partial charge in [-0.25, -0.2) is 0 Å².